The standard InChI is InChI=1S/C20H21FO4/c1-3-4-8-19(22)25-16-7-5-6-15(11-16)17-10-9-14(12-18(17)21)13(2)20(23)24/h5-7,9-13H,3-4,8H2,1-2H3,(H,23,24). The second-order valence-electron chi connectivity index (χ2n) is 5.90. The van der Waals surface area contributed by atoms with Gasteiger partial charge in [0.15, 0.2) is 0 Å². The highest BCUT2D eigenvalue weighted by Gasteiger charge is 2.16. The van der Waals surface area contributed by atoms with Crippen LogP contribution in [0.3, 0.4) is 0 Å². The van der Waals surface area contributed by atoms with Gasteiger partial charge in [-0.05, 0) is 42.7 Å². The smallest absolute Gasteiger partial charge is 0.311 e. The van der Waals surface area contributed by atoms with Gasteiger partial charge in [-0.15, -0.1) is 0 Å². The van der Waals surface area contributed by atoms with Crippen LogP contribution in [0.25, 0.3) is 11.1 Å². The maximum absolute atomic E-state index is 14.4. The summed E-state index contributed by atoms with van der Waals surface area (Å²) < 4.78 is 19.7. The van der Waals surface area contributed by atoms with E-state index >= 15 is 0 Å². The van der Waals surface area contributed by atoms with E-state index < -0.39 is 17.7 Å². The van der Waals surface area contributed by atoms with E-state index in [4.69, 9.17) is 9.84 Å². The average molecular weight is 344 g/mol. The molecule has 0 saturated carbocycles. The lowest BCUT2D eigenvalue weighted by molar-refractivity contribution is -0.138. The number of carbonyl (C=O) groups is 2. The Bertz CT molecular complexity index is 770. The molecule has 0 heterocycles. The minimum absolute atomic E-state index is 0.315. The molecule has 2 aromatic carbocycles. The van der Waals surface area contributed by atoms with E-state index in [1.54, 1.807) is 36.4 Å². The van der Waals surface area contributed by atoms with E-state index in [9.17, 15) is 14.0 Å². The number of carboxylic acids is 1. The van der Waals surface area contributed by atoms with E-state index in [1.165, 1.54) is 13.0 Å². The highest BCUT2D eigenvalue weighted by Crippen LogP contribution is 2.29. The molecule has 1 N–H and O–H groups in total. The molecular weight excluding hydrogens is 323 g/mol. The number of hydrogen-bond acceptors (Lipinski definition) is 3. The summed E-state index contributed by atoms with van der Waals surface area (Å²) in [6, 6.07) is 11.0. The second-order valence-corrected chi connectivity index (χ2v) is 5.90. The molecule has 0 aliphatic heterocycles. The van der Waals surface area contributed by atoms with Crippen molar-refractivity contribution in [1.82, 2.24) is 0 Å². The van der Waals surface area contributed by atoms with Gasteiger partial charge in [0.1, 0.15) is 11.6 Å². The number of benzene rings is 2. The number of carbonyl (C=O) groups excluding carboxylic acids is 1. The van der Waals surface area contributed by atoms with Crippen LogP contribution >= 0.6 is 0 Å². The summed E-state index contributed by atoms with van der Waals surface area (Å²) >= 11 is 0. The first-order valence-corrected chi connectivity index (χ1v) is 8.25. The monoisotopic (exact) mass is 344 g/mol. The van der Waals surface area contributed by atoms with E-state index in [0.717, 1.165) is 12.8 Å². The Morgan fingerprint density at radius 3 is 2.60 bits per heavy atom. The minimum Gasteiger partial charge on any atom is -0.481 e. The largest absolute Gasteiger partial charge is 0.481 e. The van der Waals surface area contributed by atoms with Crippen LogP contribution in [0.15, 0.2) is 42.5 Å². The van der Waals surface area contributed by atoms with Gasteiger partial charge in [0, 0.05) is 12.0 Å². The zero-order chi connectivity index (χ0) is 18.4. The Kier molecular flexibility index (Phi) is 6.28. The molecule has 5 heteroatoms. The number of unbranched alkanes of at least 4 members (excludes halogenated alkanes) is 1. The fourth-order valence-corrected chi connectivity index (χ4v) is 2.41. The Labute approximate surface area is 146 Å². The number of esters is 1. The van der Waals surface area contributed by atoms with E-state index in [2.05, 4.69) is 0 Å². The van der Waals surface area contributed by atoms with Crippen molar-refractivity contribution in [1.29, 1.82) is 0 Å². The molecule has 2 aromatic rings. The van der Waals surface area contributed by atoms with E-state index in [0.29, 0.717) is 28.9 Å². The Hall–Kier alpha value is -2.69. The van der Waals surface area contributed by atoms with Gasteiger partial charge in [-0.3, -0.25) is 9.59 Å². The van der Waals surface area contributed by atoms with E-state index in [-0.39, 0.29) is 5.97 Å². The molecule has 0 aliphatic carbocycles. The summed E-state index contributed by atoms with van der Waals surface area (Å²) in [6.07, 6.45) is 2.01. The molecular formula is C20H21FO4. The second kappa shape index (κ2) is 8.42. The fraction of sp³-hybridized carbons (Fsp3) is 0.300. The van der Waals surface area contributed by atoms with Gasteiger partial charge < -0.3 is 9.84 Å². The summed E-state index contributed by atoms with van der Waals surface area (Å²) in [6.45, 7) is 3.50. The first kappa shape index (κ1) is 18.6. The van der Waals surface area contributed by atoms with Crippen molar-refractivity contribution in [2.24, 2.45) is 0 Å². The number of carboxylic acid groups (broad SMARTS) is 1. The quantitative estimate of drug-likeness (QED) is 0.580. The Morgan fingerprint density at radius 1 is 1.20 bits per heavy atom. The van der Waals surface area contributed by atoms with Crippen molar-refractivity contribution >= 4 is 11.9 Å². The van der Waals surface area contributed by atoms with Crippen molar-refractivity contribution < 1.29 is 23.8 Å². The molecule has 0 saturated heterocycles. The minimum atomic E-state index is -1.01. The molecule has 25 heavy (non-hydrogen) atoms. The molecule has 0 amide bonds. The van der Waals surface area contributed by atoms with Crippen molar-refractivity contribution in [3.8, 4) is 16.9 Å². The number of ether oxygens (including phenoxy) is 1. The van der Waals surface area contributed by atoms with Crippen molar-refractivity contribution in [2.75, 3.05) is 0 Å². The average Bonchev–Trinajstić information content (AvgIpc) is 2.59. The molecule has 0 fully saturated rings. The zero-order valence-electron chi connectivity index (χ0n) is 14.3. The fourth-order valence-electron chi connectivity index (χ4n) is 2.41. The van der Waals surface area contributed by atoms with Crippen LogP contribution in [0.1, 0.15) is 44.6 Å². The number of hydrogen-bond donors (Lipinski definition) is 1. The lowest BCUT2D eigenvalue weighted by atomic mass is 9.97. The number of rotatable bonds is 7. The van der Waals surface area contributed by atoms with Crippen LogP contribution in [0, 0.1) is 5.82 Å². The zero-order valence-corrected chi connectivity index (χ0v) is 14.3. The normalized spacial score (nSPS) is 11.8. The molecule has 4 nitrogen and oxygen atoms in total. The van der Waals surface area contributed by atoms with Gasteiger partial charge in [-0.25, -0.2) is 4.39 Å². The molecule has 1 unspecified atom stereocenters. The van der Waals surface area contributed by atoms with Crippen molar-refractivity contribution in [3.05, 3.63) is 53.8 Å². The topological polar surface area (TPSA) is 63.6 Å². The molecule has 0 bridgehead atoms. The molecule has 2 rings (SSSR count). The van der Waals surface area contributed by atoms with Crippen LogP contribution in [-0.4, -0.2) is 17.0 Å². The molecule has 0 spiro atoms. The first-order valence-electron chi connectivity index (χ1n) is 8.25. The first-order chi connectivity index (χ1) is 11.9. The van der Waals surface area contributed by atoms with E-state index in [1.807, 2.05) is 6.92 Å². The molecule has 0 aliphatic rings. The summed E-state index contributed by atoms with van der Waals surface area (Å²) in [5.74, 6) is -2.26. The maximum atomic E-state index is 14.4. The van der Waals surface area contributed by atoms with Crippen LogP contribution in [-0.2, 0) is 9.59 Å². The highest BCUT2D eigenvalue weighted by atomic mass is 19.1. The van der Waals surface area contributed by atoms with Gasteiger partial charge in [0.2, 0.25) is 0 Å². The third-order valence-electron chi connectivity index (χ3n) is 3.97. The Balaban J connectivity index is 2.23. The van der Waals surface area contributed by atoms with Crippen LogP contribution < -0.4 is 4.74 Å². The van der Waals surface area contributed by atoms with Gasteiger partial charge in [0.05, 0.1) is 5.92 Å². The SMILES string of the molecule is CCCCC(=O)Oc1cccc(-c2ccc(C(C)C(=O)O)cc2F)c1. The predicted octanol–water partition coefficient (Wildman–Crippen LogP) is 4.78. The van der Waals surface area contributed by atoms with Gasteiger partial charge >= 0.3 is 11.9 Å². The van der Waals surface area contributed by atoms with Crippen LogP contribution in [0.2, 0.25) is 0 Å². The molecule has 0 radical (unpaired) electrons. The lowest BCUT2D eigenvalue weighted by Gasteiger charge is -2.11. The molecule has 1 atom stereocenters. The van der Waals surface area contributed by atoms with Gasteiger partial charge in [-0.2, -0.15) is 0 Å². The van der Waals surface area contributed by atoms with Gasteiger partial charge in [0.25, 0.3) is 0 Å². The molecule has 0 aromatic heterocycles. The van der Waals surface area contributed by atoms with Gasteiger partial charge in [-0.1, -0.05) is 37.6 Å². The summed E-state index contributed by atoms with van der Waals surface area (Å²) in [5.41, 5.74) is 1.29. The maximum Gasteiger partial charge on any atom is 0.311 e. The molecule has 132 valence electrons. The summed E-state index contributed by atoms with van der Waals surface area (Å²) in [4.78, 5) is 22.7. The van der Waals surface area contributed by atoms with Crippen LogP contribution in [0.4, 0.5) is 4.39 Å². The highest BCUT2D eigenvalue weighted by molar-refractivity contribution is 5.76. The summed E-state index contributed by atoms with van der Waals surface area (Å²) in [7, 11) is 0. The number of halogens is 1. The summed E-state index contributed by atoms with van der Waals surface area (Å²) in [5, 5.41) is 9.02. The lowest BCUT2D eigenvalue weighted by Crippen LogP contribution is -2.08. The van der Waals surface area contributed by atoms with Crippen molar-refractivity contribution in [3.63, 3.8) is 0 Å². The third kappa shape index (κ3) is 4.89. The Morgan fingerprint density at radius 2 is 1.96 bits per heavy atom. The third-order valence-corrected chi connectivity index (χ3v) is 3.97. The van der Waals surface area contributed by atoms with Crippen molar-refractivity contribution in [2.45, 2.75) is 39.0 Å². The van der Waals surface area contributed by atoms with Crippen LogP contribution in [0.5, 0.6) is 5.75 Å². The predicted molar refractivity (Wildman–Crippen MR) is 93.0 cm³/mol. The number of aliphatic carboxylic acids is 1.